The second kappa shape index (κ2) is 7.24. The summed E-state index contributed by atoms with van der Waals surface area (Å²) in [5.74, 6) is -1.78. The van der Waals surface area contributed by atoms with Crippen molar-refractivity contribution in [3.63, 3.8) is 0 Å². The Morgan fingerprint density at radius 2 is 2.05 bits per heavy atom. The predicted molar refractivity (Wildman–Crippen MR) is 74.1 cm³/mol. The molecule has 0 heterocycles. The van der Waals surface area contributed by atoms with E-state index in [9.17, 15) is 14.0 Å². The van der Waals surface area contributed by atoms with Crippen molar-refractivity contribution in [3.05, 3.63) is 34.6 Å². The molecule has 0 saturated heterocycles. The van der Waals surface area contributed by atoms with Crippen LogP contribution in [0.15, 0.2) is 18.2 Å². The van der Waals surface area contributed by atoms with Crippen molar-refractivity contribution >= 4 is 23.5 Å². The first-order chi connectivity index (χ1) is 9.35. The molecule has 1 amide bonds. The van der Waals surface area contributed by atoms with Gasteiger partial charge in [-0.25, -0.2) is 9.18 Å². The third-order valence-corrected chi connectivity index (χ3v) is 2.91. The van der Waals surface area contributed by atoms with Gasteiger partial charge >= 0.3 is 5.97 Å². The van der Waals surface area contributed by atoms with Gasteiger partial charge in [0.15, 0.2) is 0 Å². The largest absolute Gasteiger partial charge is 0.467 e. The Hall–Kier alpha value is -1.62. The van der Waals surface area contributed by atoms with Crippen molar-refractivity contribution in [3.8, 4) is 0 Å². The zero-order valence-corrected chi connectivity index (χ0v) is 12.3. The number of ether oxygens (including phenoxy) is 1. The molecule has 0 spiro atoms. The molecule has 1 unspecified atom stereocenters. The lowest BCUT2D eigenvalue weighted by molar-refractivity contribution is -0.143. The van der Waals surface area contributed by atoms with Gasteiger partial charge in [0.25, 0.3) is 5.91 Å². The summed E-state index contributed by atoms with van der Waals surface area (Å²) in [6.07, 6.45) is 0.403. The third kappa shape index (κ3) is 4.49. The van der Waals surface area contributed by atoms with Crippen molar-refractivity contribution in [1.29, 1.82) is 0 Å². The van der Waals surface area contributed by atoms with E-state index in [1.54, 1.807) is 0 Å². The highest BCUT2D eigenvalue weighted by Crippen LogP contribution is 2.15. The lowest BCUT2D eigenvalue weighted by Gasteiger charge is -2.18. The second-order valence-electron chi connectivity index (χ2n) is 4.80. The van der Waals surface area contributed by atoms with Crippen molar-refractivity contribution in [2.45, 2.75) is 26.3 Å². The molecule has 0 aliphatic carbocycles. The normalized spacial score (nSPS) is 12.1. The average Bonchev–Trinajstić information content (AvgIpc) is 2.39. The van der Waals surface area contributed by atoms with Gasteiger partial charge < -0.3 is 10.1 Å². The minimum atomic E-state index is -0.814. The maximum absolute atomic E-state index is 13.6. The summed E-state index contributed by atoms with van der Waals surface area (Å²) >= 11 is 5.73. The van der Waals surface area contributed by atoms with E-state index in [0.717, 1.165) is 6.07 Å². The smallest absolute Gasteiger partial charge is 0.328 e. The van der Waals surface area contributed by atoms with Crippen LogP contribution in [0.1, 0.15) is 30.6 Å². The lowest BCUT2D eigenvalue weighted by Crippen LogP contribution is -2.42. The molecule has 0 aromatic heterocycles. The van der Waals surface area contributed by atoms with E-state index in [4.69, 9.17) is 11.6 Å². The summed E-state index contributed by atoms with van der Waals surface area (Å²) in [6.45, 7) is 3.81. The Bertz CT molecular complexity index is 505. The van der Waals surface area contributed by atoms with E-state index < -0.39 is 23.7 Å². The molecule has 1 aromatic carbocycles. The number of benzene rings is 1. The molecule has 1 atom stereocenters. The fraction of sp³-hybridized carbons (Fsp3) is 0.429. The van der Waals surface area contributed by atoms with Crippen LogP contribution in [0.5, 0.6) is 0 Å². The number of nitrogens with one attached hydrogen (secondary N) is 1. The van der Waals surface area contributed by atoms with Gasteiger partial charge in [0.2, 0.25) is 0 Å². The Labute approximate surface area is 122 Å². The monoisotopic (exact) mass is 301 g/mol. The number of halogens is 2. The molecule has 0 radical (unpaired) electrons. The topological polar surface area (TPSA) is 55.4 Å². The summed E-state index contributed by atoms with van der Waals surface area (Å²) in [5.41, 5.74) is -0.199. The van der Waals surface area contributed by atoms with Crippen LogP contribution in [0.4, 0.5) is 4.39 Å². The van der Waals surface area contributed by atoms with E-state index in [1.807, 2.05) is 13.8 Å². The zero-order chi connectivity index (χ0) is 15.3. The standard InChI is InChI=1S/C14H17ClFNO3/c1-8(2)6-12(14(19)20-3)17-13(18)10-7-9(15)4-5-11(10)16/h4-5,7-8,12H,6H2,1-3H3,(H,17,18). The van der Waals surface area contributed by atoms with E-state index in [2.05, 4.69) is 10.1 Å². The zero-order valence-electron chi connectivity index (χ0n) is 11.6. The van der Waals surface area contributed by atoms with Crippen LogP contribution in [0.25, 0.3) is 0 Å². The second-order valence-corrected chi connectivity index (χ2v) is 5.24. The van der Waals surface area contributed by atoms with Crippen LogP contribution >= 0.6 is 11.6 Å². The fourth-order valence-electron chi connectivity index (χ4n) is 1.74. The molecule has 20 heavy (non-hydrogen) atoms. The number of amides is 1. The Morgan fingerprint density at radius 1 is 1.40 bits per heavy atom. The molecular weight excluding hydrogens is 285 g/mol. The van der Waals surface area contributed by atoms with Gasteiger partial charge in [0.1, 0.15) is 11.9 Å². The number of carbonyl (C=O) groups excluding carboxylic acids is 2. The first-order valence-corrected chi connectivity index (χ1v) is 6.56. The number of rotatable bonds is 5. The first-order valence-electron chi connectivity index (χ1n) is 6.19. The molecule has 4 nitrogen and oxygen atoms in total. The van der Waals surface area contributed by atoms with E-state index >= 15 is 0 Å². The van der Waals surface area contributed by atoms with Gasteiger partial charge in [-0.3, -0.25) is 4.79 Å². The minimum Gasteiger partial charge on any atom is -0.467 e. The van der Waals surface area contributed by atoms with Gasteiger partial charge in [0, 0.05) is 5.02 Å². The molecule has 1 N–H and O–H groups in total. The lowest BCUT2D eigenvalue weighted by atomic mass is 10.0. The van der Waals surface area contributed by atoms with E-state index in [1.165, 1.54) is 19.2 Å². The number of methoxy groups -OCH3 is 1. The average molecular weight is 302 g/mol. The molecule has 1 aromatic rings. The van der Waals surface area contributed by atoms with Gasteiger partial charge in [-0.1, -0.05) is 25.4 Å². The summed E-state index contributed by atoms with van der Waals surface area (Å²) in [7, 11) is 1.24. The molecule has 0 aliphatic rings. The van der Waals surface area contributed by atoms with Crippen molar-refractivity contribution < 1.29 is 18.7 Å². The SMILES string of the molecule is COC(=O)C(CC(C)C)NC(=O)c1cc(Cl)ccc1F. The quantitative estimate of drug-likeness (QED) is 0.851. The van der Waals surface area contributed by atoms with Crippen molar-refractivity contribution in [1.82, 2.24) is 5.32 Å². The molecule has 0 fully saturated rings. The molecular formula is C14H17ClFNO3. The maximum Gasteiger partial charge on any atom is 0.328 e. The van der Waals surface area contributed by atoms with E-state index in [-0.39, 0.29) is 16.5 Å². The fourth-order valence-corrected chi connectivity index (χ4v) is 1.91. The maximum atomic E-state index is 13.6. The van der Waals surface area contributed by atoms with E-state index in [0.29, 0.717) is 6.42 Å². The highest BCUT2D eigenvalue weighted by Gasteiger charge is 2.24. The number of carbonyl (C=O) groups is 2. The highest BCUT2D eigenvalue weighted by molar-refractivity contribution is 6.31. The van der Waals surface area contributed by atoms with Crippen LogP contribution in [-0.4, -0.2) is 25.0 Å². The summed E-state index contributed by atoms with van der Waals surface area (Å²) < 4.78 is 18.2. The number of hydrogen-bond acceptors (Lipinski definition) is 3. The summed E-state index contributed by atoms with van der Waals surface area (Å²) in [4.78, 5) is 23.6. The van der Waals surface area contributed by atoms with Crippen LogP contribution in [-0.2, 0) is 9.53 Å². The van der Waals surface area contributed by atoms with Crippen molar-refractivity contribution in [2.24, 2.45) is 5.92 Å². The summed E-state index contributed by atoms with van der Waals surface area (Å²) in [6, 6.07) is 2.86. The van der Waals surface area contributed by atoms with Crippen LogP contribution < -0.4 is 5.32 Å². The Kier molecular flexibility index (Phi) is 5.95. The molecule has 0 bridgehead atoms. The Balaban J connectivity index is 2.90. The number of esters is 1. The molecule has 110 valence electrons. The van der Waals surface area contributed by atoms with Gasteiger partial charge in [-0.2, -0.15) is 0 Å². The predicted octanol–water partition coefficient (Wildman–Crippen LogP) is 2.80. The third-order valence-electron chi connectivity index (χ3n) is 2.67. The molecule has 0 saturated carbocycles. The molecule has 1 rings (SSSR count). The van der Waals surface area contributed by atoms with Gasteiger partial charge in [-0.15, -0.1) is 0 Å². The molecule has 0 aliphatic heterocycles. The van der Waals surface area contributed by atoms with Gasteiger partial charge in [0.05, 0.1) is 12.7 Å². The van der Waals surface area contributed by atoms with Crippen LogP contribution in [0.3, 0.4) is 0 Å². The van der Waals surface area contributed by atoms with Gasteiger partial charge in [-0.05, 0) is 30.5 Å². The first kappa shape index (κ1) is 16.4. The van der Waals surface area contributed by atoms with Crippen LogP contribution in [0.2, 0.25) is 5.02 Å². The molecule has 6 heteroatoms. The highest BCUT2D eigenvalue weighted by atomic mass is 35.5. The minimum absolute atomic E-state index is 0.170. The number of hydrogen-bond donors (Lipinski definition) is 1. The van der Waals surface area contributed by atoms with Crippen LogP contribution in [0, 0.1) is 11.7 Å². The summed E-state index contributed by atoms with van der Waals surface area (Å²) in [5, 5.41) is 2.72. The Morgan fingerprint density at radius 3 is 2.60 bits per heavy atom. The van der Waals surface area contributed by atoms with Crippen molar-refractivity contribution in [2.75, 3.05) is 7.11 Å².